The van der Waals surface area contributed by atoms with Crippen LogP contribution >= 0.6 is 22.7 Å². The van der Waals surface area contributed by atoms with Gasteiger partial charge in [0.05, 0.1) is 10.6 Å². The number of amides is 1. The molecular formula is C13H14N2O4S2. The van der Waals surface area contributed by atoms with Crippen LogP contribution in [-0.2, 0) is 4.79 Å². The molecule has 2 aromatic heterocycles. The Morgan fingerprint density at radius 2 is 2.24 bits per heavy atom. The molecule has 8 heteroatoms. The highest BCUT2D eigenvalue weighted by atomic mass is 32.1. The number of carbonyl (C=O) groups excluding carboxylic acids is 1. The lowest BCUT2D eigenvalue weighted by Crippen LogP contribution is -2.29. The largest absolute Gasteiger partial charge is 0.479 e. The SMILES string of the molecule is Cc1nc(-c2cccs2)sc1C(=O)NCC[C@H](O)C(=O)O. The molecular weight excluding hydrogens is 312 g/mol. The molecule has 1 amide bonds. The molecule has 0 saturated heterocycles. The van der Waals surface area contributed by atoms with E-state index in [0.717, 1.165) is 9.88 Å². The van der Waals surface area contributed by atoms with E-state index in [-0.39, 0.29) is 18.9 Å². The molecule has 2 rings (SSSR count). The van der Waals surface area contributed by atoms with E-state index < -0.39 is 12.1 Å². The molecule has 2 heterocycles. The van der Waals surface area contributed by atoms with Crippen molar-refractivity contribution in [3.8, 4) is 9.88 Å². The molecule has 6 nitrogen and oxygen atoms in total. The van der Waals surface area contributed by atoms with E-state index in [0.29, 0.717) is 10.6 Å². The summed E-state index contributed by atoms with van der Waals surface area (Å²) in [7, 11) is 0. The van der Waals surface area contributed by atoms with E-state index in [2.05, 4.69) is 10.3 Å². The van der Waals surface area contributed by atoms with Gasteiger partial charge >= 0.3 is 5.97 Å². The third-order valence-electron chi connectivity index (χ3n) is 2.72. The first kappa shape index (κ1) is 15.6. The Hall–Kier alpha value is -1.77. The highest BCUT2D eigenvalue weighted by molar-refractivity contribution is 7.22. The number of hydrogen-bond acceptors (Lipinski definition) is 6. The summed E-state index contributed by atoms with van der Waals surface area (Å²) >= 11 is 2.85. The number of aliphatic hydroxyl groups is 1. The number of thiazole rings is 1. The normalized spacial score (nSPS) is 12.1. The maximum atomic E-state index is 12.0. The summed E-state index contributed by atoms with van der Waals surface area (Å²) in [5, 5.41) is 23.0. The number of aryl methyl sites for hydroxylation is 1. The average molecular weight is 326 g/mol. The van der Waals surface area contributed by atoms with Crippen molar-refractivity contribution < 1.29 is 19.8 Å². The number of aromatic nitrogens is 1. The first-order valence-corrected chi connectivity index (χ1v) is 7.89. The van der Waals surface area contributed by atoms with E-state index in [1.165, 1.54) is 11.3 Å². The van der Waals surface area contributed by atoms with E-state index >= 15 is 0 Å². The van der Waals surface area contributed by atoms with E-state index in [1.807, 2.05) is 17.5 Å². The predicted molar refractivity (Wildman–Crippen MR) is 80.8 cm³/mol. The second kappa shape index (κ2) is 6.79. The van der Waals surface area contributed by atoms with Crippen LogP contribution in [0.2, 0.25) is 0 Å². The van der Waals surface area contributed by atoms with Crippen LogP contribution in [-0.4, -0.2) is 39.7 Å². The van der Waals surface area contributed by atoms with E-state index in [1.54, 1.807) is 18.3 Å². The highest BCUT2D eigenvalue weighted by Gasteiger charge is 2.18. The fourth-order valence-corrected chi connectivity index (χ4v) is 3.42. The van der Waals surface area contributed by atoms with Gasteiger partial charge in [-0.05, 0) is 18.4 Å². The van der Waals surface area contributed by atoms with Crippen molar-refractivity contribution >= 4 is 34.6 Å². The number of carbonyl (C=O) groups is 2. The Morgan fingerprint density at radius 3 is 2.86 bits per heavy atom. The van der Waals surface area contributed by atoms with Gasteiger partial charge < -0.3 is 15.5 Å². The summed E-state index contributed by atoms with van der Waals surface area (Å²) in [6, 6.07) is 3.86. The number of aliphatic hydroxyl groups excluding tert-OH is 1. The van der Waals surface area contributed by atoms with Crippen LogP contribution in [0.5, 0.6) is 0 Å². The van der Waals surface area contributed by atoms with Crippen molar-refractivity contribution in [2.24, 2.45) is 0 Å². The minimum Gasteiger partial charge on any atom is -0.479 e. The molecule has 0 radical (unpaired) electrons. The summed E-state index contributed by atoms with van der Waals surface area (Å²) in [4.78, 5) is 28.4. The van der Waals surface area contributed by atoms with Crippen molar-refractivity contribution in [3.63, 3.8) is 0 Å². The molecule has 3 N–H and O–H groups in total. The summed E-state index contributed by atoms with van der Waals surface area (Å²) in [6.07, 6.45) is -1.49. The lowest BCUT2D eigenvalue weighted by Gasteiger charge is -2.06. The topological polar surface area (TPSA) is 99.5 Å². The Bertz CT molecular complexity index is 637. The van der Waals surface area contributed by atoms with Gasteiger partial charge in [-0.15, -0.1) is 22.7 Å². The molecule has 0 spiro atoms. The third-order valence-corrected chi connectivity index (χ3v) is 4.92. The van der Waals surface area contributed by atoms with Crippen LogP contribution in [0, 0.1) is 6.92 Å². The summed E-state index contributed by atoms with van der Waals surface area (Å²) in [6.45, 7) is 1.85. The molecule has 0 aliphatic carbocycles. The Morgan fingerprint density at radius 1 is 1.48 bits per heavy atom. The van der Waals surface area contributed by atoms with Gasteiger partial charge in [0.2, 0.25) is 0 Å². The molecule has 0 bridgehead atoms. The minimum atomic E-state index is -1.46. The fraction of sp³-hybridized carbons (Fsp3) is 0.308. The molecule has 1 atom stereocenters. The Balaban J connectivity index is 1.98. The lowest BCUT2D eigenvalue weighted by atomic mass is 10.2. The standard InChI is InChI=1S/C13H14N2O4S2/c1-7-10(11(17)14-5-4-8(16)13(18)19)21-12(15-7)9-3-2-6-20-9/h2-3,6,8,16H,4-5H2,1H3,(H,14,17)(H,18,19)/t8-/m0/s1. The van der Waals surface area contributed by atoms with Crippen LogP contribution in [0.4, 0.5) is 0 Å². The molecule has 112 valence electrons. The van der Waals surface area contributed by atoms with Crippen molar-refractivity contribution in [3.05, 3.63) is 28.1 Å². The number of carboxylic acids is 1. The average Bonchev–Trinajstić information content (AvgIpc) is 3.07. The van der Waals surface area contributed by atoms with Gasteiger partial charge in [0.15, 0.2) is 6.10 Å². The molecule has 0 unspecified atom stereocenters. The van der Waals surface area contributed by atoms with Crippen LogP contribution in [0.3, 0.4) is 0 Å². The van der Waals surface area contributed by atoms with Crippen molar-refractivity contribution in [1.29, 1.82) is 0 Å². The van der Waals surface area contributed by atoms with Gasteiger partial charge in [0, 0.05) is 13.0 Å². The number of nitrogens with zero attached hydrogens (tertiary/aromatic N) is 1. The molecule has 2 aromatic rings. The number of rotatable bonds is 6. The number of hydrogen-bond donors (Lipinski definition) is 3. The van der Waals surface area contributed by atoms with E-state index in [9.17, 15) is 9.59 Å². The molecule has 0 saturated carbocycles. The number of nitrogens with one attached hydrogen (secondary N) is 1. The second-order valence-corrected chi connectivity index (χ2v) is 6.26. The number of carboxylic acid groups (broad SMARTS) is 1. The van der Waals surface area contributed by atoms with Gasteiger partial charge in [0.1, 0.15) is 9.88 Å². The monoisotopic (exact) mass is 326 g/mol. The van der Waals surface area contributed by atoms with Crippen LogP contribution < -0.4 is 5.32 Å². The zero-order chi connectivity index (χ0) is 15.4. The summed E-state index contributed by atoms with van der Waals surface area (Å²) < 4.78 is 0. The molecule has 0 fully saturated rings. The zero-order valence-corrected chi connectivity index (χ0v) is 12.8. The maximum Gasteiger partial charge on any atom is 0.332 e. The number of thiophene rings is 1. The van der Waals surface area contributed by atoms with Crippen LogP contribution in [0.15, 0.2) is 17.5 Å². The van der Waals surface area contributed by atoms with Gasteiger partial charge in [-0.2, -0.15) is 0 Å². The Labute approximate surface area is 129 Å². The highest BCUT2D eigenvalue weighted by Crippen LogP contribution is 2.30. The zero-order valence-electron chi connectivity index (χ0n) is 11.2. The van der Waals surface area contributed by atoms with Crippen molar-refractivity contribution in [2.45, 2.75) is 19.4 Å². The molecule has 0 aromatic carbocycles. The van der Waals surface area contributed by atoms with Crippen LogP contribution in [0.25, 0.3) is 9.88 Å². The Kier molecular flexibility index (Phi) is 5.05. The smallest absolute Gasteiger partial charge is 0.332 e. The van der Waals surface area contributed by atoms with Gasteiger partial charge in [0.25, 0.3) is 5.91 Å². The van der Waals surface area contributed by atoms with Gasteiger partial charge in [-0.25, -0.2) is 9.78 Å². The van der Waals surface area contributed by atoms with E-state index in [4.69, 9.17) is 10.2 Å². The minimum absolute atomic E-state index is 0.0310. The quantitative estimate of drug-likeness (QED) is 0.751. The second-order valence-electron chi connectivity index (χ2n) is 4.31. The van der Waals surface area contributed by atoms with Gasteiger partial charge in [-0.3, -0.25) is 4.79 Å². The van der Waals surface area contributed by atoms with Crippen LogP contribution in [0.1, 0.15) is 21.8 Å². The molecule has 21 heavy (non-hydrogen) atoms. The van der Waals surface area contributed by atoms with Crippen molar-refractivity contribution in [1.82, 2.24) is 10.3 Å². The molecule has 0 aliphatic rings. The maximum absolute atomic E-state index is 12.0. The first-order valence-electron chi connectivity index (χ1n) is 6.19. The fourth-order valence-electron chi connectivity index (χ4n) is 1.64. The third kappa shape index (κ3) is 3.87. The first-order chi connectivity index (χ1) is 9.99. The molecule has 0 aliphatic heterocycles. The summed E-state index contributed by atoms with van der Waals surface area (Å²) in [5.74, 6) is -1.59. The lowest BCUT2D eigenvalue weighted by molar-refractivity contribution is -0.146. The number of aliphatic carboxylic acids is 1. The predicted octanol–water partition coefficient (Wildman–Crippen LogP) is 1.75. The van der Waals surface area contributed by atoms with Crippen molar-refractivity contribution in [2.75, 3.05) is 6.54 Å². The van der Waals surface area contributed by atoms with Gasteiger partial charge in [-0.1, -0.05) is 6.07 Å². The summed E-state index contributed by atoms with van der Waals surface area (Å²) in [5.41, 5.74) is 0.639.